The van der Waals surface area contributed by atoms with Crippen LogP contribution in [0.5, 0.6) is 0 Å². The van der Waals surface area contributed by atoms with E-state index in [1.807, 2.05) is 13.0 Å². The first-order chi connectivity index (χ1) is 17.8. The zero-order chi connectivity index (χ0) is 28.2. The van der Waals surface area contributed by atoms with Crippen LogP contribution in [-0.2, 0) is 19.6 Å². The summed E-state index contributed by atoms with van der Waals surface area (Å²) < 4.78 is 32.9. The number of nitro benzene ring substituents is 1. The molecule has 1 N–H and O–H groups in total. The normalized spacial score (nSPS) is 20.0. The number of rotatable bonds is 10. The number of allylic oxidation sites excluding steroid dienone is 5. The monoisotopic (exact) mass is 546 g/mol. The molecule has 2 amide bonds. The van der Waals surface area contributed by atoms with Gasteiger partial charge in [-0.2, -0.15) is 0 Å². The summed E-state index contributed by atoms with van der Waals surface area (Å²) in [7, 11) is -2.20. The Morgan fingerprint density at radius 3 is 2.68 bits per heavy atom. The number of hydrogen-bond donors (Lipinski definition) is 1. The fourth-order valence-corrected chi connectivity index (χ4v) is 6.12. The highest BCUT2D eigenvalue weighted by molar-refractivity contribution is 7.93. The predicted octanol–water partition coefficient (Wildman–Crippen LogP) is 4.02. The number of carbonyl (C=O) groups is 2. The molecule has 38 heavy (non-hydrogen) atoms. The summed E-state index contributed by atoms with van der Waals surface area (Å²) in [5, 5.41) is 14.1. The van der Waals surface area contributed by atoms with Gasteiger partial charge in [0.25, 0.3) is 5.69 Å². The molecule has 1 aromatic rings. The molecule has 0 spiro atoms. The molecule has 0 radical (unpaired) electrons. The molecule has 1 heterocycles. The molecule has 0 aromatic heterocycles. The second-order valence-corrected chi connectivity index (χ2v) is 11.7. The molecule has 0 bridgehead atoms. The number of non-ortho nitro benzene ring substituents is 1. The Morgan fingerprint density at radius 1 is 1.34 bits per heavy atom. The molecule has 3 rings (SSSR count). The summed E-state index contributed by atoms with van der Waals surface area (Å²) in [5.41, 5.74) is 0.641. The van der Waals surface area contributed by atoms with Crippen molar-refractivity contribution in [2.24, 2.45) is 5.92 Å². The highest BCUT2D eigenvalue weighted by Gasteiger charge is 2.39. The number of amides is 2. The molecule has 2 unspecified atom stereocenters. The maximum absolute atomic E-state index is 13.1. The highest BCUT2D eigenvalue weighted by Crippen LogP contribution is 2.36. The van der Waals surface area contributed by atoms with Crippen LogP contribution in [0.25, 0.3) is 0 Å². The number of nitro groups is 1. The molecule has 206 valence electrons. The Morgan fingerprint density at radius 2 is 2.05 bits per heavy atom. The summed E-state index contributed by atoms with van der Waals surface area (Å²) in [6.07, 6.45) is 5.73. The zero-order valence-corrected chi connectivity index (χ0v) is 23.0. The molecule has 12 heteroatoms. The quantitative estimate of drug-likeness (QED) is 0.266. The third-order valence-corrected chi connectivity index (χ3v) is 8.59. The first kappa shape index (κ1) is 29.1. The number of benzene rings is 1. The van der Waals surface area contributed by atoms with Crippen molar-refractivity contribution in [2.75, 3.05) is 20.1 Å². The Labute approximate surface area is 223 Å². The Kier molecular flexibility index (Phi) is 9.10. The predicted molar refractivity (Wildman–Crippen MR) is 142 cm³/mol. The van der Waals surface area contributed by atoms with Gasteiger partial charge in [-0.1, -0.05) is 31.2 Å². The minimum absolute atomic E-state index is 0.0826. The SMILES string of the molecule is CC1=C(C(=O)OC(C)C)C(c2cccc([N+](=O)[O-])c2)N(CCCN(C)S(=O)(=O)C2=CC=CCC2C)C(=O)N1. The van der Waals surface area contributed by atoms with Gasteiger partial charge in [-0.15, -0.1) is 0 Å². The summed E-state index contributed by atoms with van der Waals surface area (Å²) in [6, 6.07) is 4.30. The van der Waals surface area contributed by atoms with Gasteiger partial charge < -0.3 is 15.0 Å². The first-order valence-electron chi connectivity index (χ1n) is 12.4. The van der Waals surface area contributed by atoms with Gasteiger partial charge in [-0.25, -0.2) is 22.3 Å². The standard InChI is InChI=1S/C26H34N4O7S/c1-17(2)37-25(31)23-19(4)27-26(32)29(24(23)20-11-8-12-21(16-20)30(33)34)15-9-14-28(5)38(35,36)22-13-7-6-10-18(22)3/h6-8,11-13,16-18,24H,9-10,14-15H2,1-5H3,(H,27,32). The van der Waals surface area contributed by atoms with Gasteiger partial charge in [0.2, 0.25) is 10.0 Å². The fourth-order valence-electron chi connectivity index (χ4n) is 4.54. The van der Waals surface area contributed by atoms with Crippen LogP contribution in [0.2, 0.25) is 0 Å². The number of nitrogens with one attached hydrogen (secondary N) is 1. The van der Waals surface area contributed by atoms with E-state index in [1.165, 1.54) is 34.5 Å². The average molecular weight is 547 g/mol. The summed E-state index contributed by atoms with van der Waals surface area (Å²) in [5.74, 6) is -0.786. The molecule has 0 saturated carbocycles. The van der Waals surface area contributed by atoms with Gasteiger partial charge in [0, 0.05) is 38.0 Å². The first-order valence-corrected chi connectivity index (χ1v) is 13.8. The van der Waals surface area contributed by atoms with Crippen molar-refractivity contribution in [2.45, 2.75) is 52.7 Å². The molecule has 2 aliphatic rings. The van der Waals surface area contributed by atoms with Crippen LogP contribution in [-0.4, -0.2) is 60.8 Å². The van der Waals surface area contributed by atoms with Gasteiger partial charge in [0.1, 0.15) is 0 Å². The van der Waals surface area contributed by atoms with Crippen molar-refractivity contribution in [1.29, 1.82) is 0 Å². The number of ether oxygens (including phenoxy) is 1. The third-order valence-electron chi connectivity index (χ3n) is 6.46. The topological polar surface area (TPSA) is 139 Å². The van der Waals surface area contributed by atoms with Gasteiger partial charge in [0.05, 0.1) is 27.5 Å². The van der Waals surface area contributed by atoms with E-state index in [-0.39, 0.29) is 36.7 Å². The van der Waals surface area contributed by atoms with Gasteiger partial charge >= 0.3 is 12.0 Å². The van der Waals surface area contributed by atoms with Crippen LogP contribution in [0.4, 0.5) is 10.5 Å². The van der Waals surface area contributed by atoms with Crippen molar-refractivity contribution in [3.8, 4) is 0 Å². The van der Waals surface area contributed by atoms with Crippen molar-refractivity contribution in [3.05, 3.63) is 74.3 Å². The van der Waals surface area contributed by atoms with E-state index < -0.39 is 39.1 Å². The second kappa shape index (κ2) is 11.9. The molecule has 1 aromatic carbocycles. The van der Waals surface area contributed by atoms with E-state index in [2.05, 4.69) is 5.32 Å². The number of urea groups is 1. The van der Waals surface area contributed by atoms with E-state index in [0.717, 1.165) is 0 Å². The Balaban J connectivity index is 1.90. The second-order valence-electron chi connectivity index (χ2n) is 9.68. The molecule has 1 aliphatic heterocycles. The lowest BCUT2D eigenvalue weighted by molar-refractivity contribution is -0.384. The molecule has 1 aliphatic carbocycles. The molecule has 2 atom stereocenters. The van der Waals surface area contributed by atoms with Crippen LogP contribution in [0.3, 0.4) is 0 Å². The van der Waals surface area contributed by atoms with Gasteiger partial charge in [-0.3, -0.25) is 10.1 Å². The van der Waals surface area contributed by atoms with Crippen molar-refractivity contribution < 1.29 is 27.7 Å². The van der Waals surface area contributed by atoms with E-state index in [0.29, 0.717) is 22.6 Å². The van der Waals surface area contributed by atoms with Gasteiger partial charge in [-0.05, 0) is 51.2 Å². The third kappa shape index (κ3) is 6.30. The number of sulfonamides is 1. The highest BCUT2D eigenvalue weighted by atomic mass is 32.2. The summed E-state index contributed by atoms with van der Waals surface area (Å²) in [6.45, 7) is 7.03. The largest absolute Gasteiger partial charge is 0.459 e. The minimum atomic E-state index is -3.69. The summed E-state index contributed by atoms with van der Waals surface area (Å²) in [4.78, 5) is 38.8. The Hall–Kier alpha value is -3.51. The number of hydrogen-bond acceptors (Lipinski definition) is 7. The van der Waals surface area contributed by atoms with E-state index in [4.69, 9.17) is 4.74 Å². The van der Waals surface area contributed by atoms with E-state index in [9.17, 15) is 28.1 Å². The van der Waals surface area contributed by atoms with Gasteiger partial charge in [0.15, 0.2) is 0 Å². The molecule has 0 saturated heterocycles. The van der Waals surface area contributed by atoms with Crippen LogP contribution in [0, 0.1) is 16.0 Å². The smallest absolute Gasteiger partial charge is 0.338 e. The lowest BCUT2D eigenvalue weighted by Crippen LogP contribution is -2.49. The maximum atomic E-state index is 13.1. The fraction of sp³-hybridized carbons (Fsp3) is 0.462. The molecule has 0 fully saturated rings. The minimum Gasteiger partial charge on any atom is -0.459 e. The molecule has 11 nitrogen and oxygen atoms in total. The summed E-state index contributed by atoms with van der Waals surface area (Å²) >= 11 is 0. The van der Waals surface area contributed by atoms with Crippen LogP contribution in [0.1, 0.15) is 52.1 Å². The van der Waals surface area contributed by atoms with Crippen molar-refractivity contribution >= 4 is 27.7 Å². The number of esters is 1. The average Bonchev–Trinajstić information content (AvgIpc) is 2.84. The van der Waals surface area contributed by atoms with Crippen molar-refractivity contribution in [3.63, 3.8) is 0 Å². The lowest BCUT2D eigenvalue weighted by Gasteiger charge is -2.38. The maximum Gasteiger partial charge on any atom is 0.338 e. The van der Waals surface area contributed by atoms with E-state index >= 15 is 0 Å². The van der Waals surface area contributed by atoms with E-state index in [1.54, 1.807) is 39.0 Å². The molecular formula is C26H34N4O7S. The van der Waals surface area contributed by atoms with Crippen LogP contribution < -0.4 is 5.32 Å². The number of carbonyl (C=O) groups excluding carboxylic acids is 2. The van der Waals surface area contributed by atoms with Crippen molar-refractivity contribution in [1.82, 2.24) is 14.5 Å². The van der Waals surface area contributed by atoms with Crippen LogP contribution in [0.15, 0.2) is 58.7 Å². The lowest BCUT2D eigenvalue weighted by atomic mass is 9.93. The van der Waals surface area contributed by atoms with Crippen LogP contribution >= 0.6 is 0 Å². The number of nitrogens with zero attached hydrogens (tertiary/aromatic N) is 3. The molecular weight excluding hydrogens is 512 g/mol. The Bertz CT molecular complexity index is 1300. The zero-order valence-electron chi connectivity index (χ0n) is 22.2.